The maximum atomic E-state index is 11.4. The van der Waals surface area contributed by atoms with Gasteiger partial charge in [0.1, 0.15) is 24.9 Å². The minimum atomic E-state index is -1.46. The van der Waals surface area contributed by atoms with Crippen molar-refractivity contribution in [2.45, 2.75) is 70.7 Å². The first-order valence-electron chi connectivity index (χ1n) is 9.52. The van der Waals surface area contributed by atoms with Crippen LogP contribution in [0.5, 0.6) is 0 Å². The monoisotopic (exact) mass is 416 g/mol. The van der Waals surface area contributed by atoms with Gasteiger partial charge in [-0.05, 0) is 26.2 Å². The lowest BCUT2D eigenvalue weighted by atomic mass is 9.99. The molecule has 0 saturated carbocycles. The second kappa shape index (κ2) is 12.7. The first-order valence-corrected chi connectivity index (χ1v) is 9.52. The highest BCUT2D eigenvalue weighted by atomic mass is 16.7. The van der Waals surface area contributed by atoms with Gasteiger partial charge in [-0.1, -0.05) is 23.8 Å². The third kappa shape index (κ3) is 9.05. The van der Waals surface area contributed by atoms with E-state index >= 15 is 0 Å². The number of carbonyl (C=O) groups is 2. The van der Waals surface area contributed by atoms with E-state index in [2.05, 4.69) is 6.58 Å². The number of hydrogen-bond donors (Lipinski definition) is 3. The summed E-state index contributed by atoms with van der Waals surface area (Å²) >= 11 is 0. The lowest BCUT2D eigenvalue weighted by Gasteiger charge is -2.41. The van der Waals surface area contributed by atoms with Crippen molar-refractivity contribution in [3.8, 4) is 0 Å². The Balaban J connectivity index is 2.63. The predicted octanol–water partition coefficient (Wildman–Crippen LogP) is 0.610. The Morgan fingerprint density at radius 2 is 1.79 bits per heavy atom. The van der Waals surface area contributed by atoms with Crippen LogP contribution >= 0.6 is 0 Å². The van der Waals surface area contributed by atoms with Crippen LogP contribution in [-0.4, -0.2) is 77.8 Å². The number of aliphatic hydroxyl groups is 3. The molecule has 29 heavy (non-hydrogen) atoms. The Morgan fingerprint density at radius 1 is 1.10 bits per heavy atom. The van der Waals surface area contributed by atoms with Crippen molar-refractivity contribution in [1.29, 1.82) is 0 Å². The summed E-state index contributed by atoms with van der Waals surface area (Å²) in [6.45, 7) is 8.13. The molecule has 5 atom stereocenters. The summed E-state index contributed by atoms with van der Waals surface area (Å²) in [5.74, 6) is -1.22. The SMILES string of the molecule is C=C(CC/C=C(\C)CO)CCO[C@@H]1O[C@H](COC(C)=O)[C@@H](O)[C@H](O)[C@H]1OC(C)=O. The summed E-state index contributed by atoms with van der Waals surface area (Å²) in [7, 11) is 0. The van der Waals surface area contributed by atoms with Gasteiger partial charge in [0, 0.05) is 13.8 Å². The van der Waals surface area contributed by atoms with Gasteiger partial charge in [0.2, 0.25) is 0 Å². The van der Waals surface area contributed by atoms with Crippen molar-refractivity contribution in [3.05, 3.63) is 23.8 Å². The molecule has 1 aliphatic heterocycles. The van der Waals surface area contributed by atoms with Gasteiger partial charge >= 0.3 is 11.9 Å². The van der Waals surface area contributed by atoms with Crippen LogP contribution in [0.15, 0.2) is 23.8 Å². The van der Waals surface area contributed by atoms with Crippen LogP contribution < -0.4 is 0 Å². The van der Waals surface area contributed by atoms with Gasteiger partial charge in [-0.3, -0.25) is 9.59 Å². The number of esters is 2. The summed E-state index contributed by atoms with van der Waals surface area (Å²) in [6, 6.07) is 0. The van der Waals surface area contributed by atoms with E-state index in [9.17, 15) is 19.8 Å². The largest absolute Gasteiger partial charge is 0.463 e. The predicted molar refractivity (Wildman–Crippen MR) is 103 cm³/mol. The van der Waals surface area contributed by atoms with Gasteiger partial charge in [-0.25, -0.2) is 0 Å². The van der Waals surface area contributed by atoms with Crippen LogP contribution in [0.1, 0.15) is 40.0 Å². The molecule has 1 rings (SSSR count). The van der Waals surface area contributed by atoms with E-state index in [1.807, 2.05) is 13.0 Å². The molecule has 1 saturated heterocycles. The van der Waals surface area contributed by atoms with E-state index < -0.39 is 42.6 Å². The number of hydrogen-bond acceptors (Lipinski definition) is 9. The third-order valence-corrected chi connectivity index (χ3v) is 4.38. The topological polar surface area (TPSA) is 132 Å². The van der Waals surface area contributed by atoms with E-state index in [1.54, 1.807) is 0 Å². The maximum absolute atomic E-state index is 11.4. The second-order valence-electron chi connectivity index (χ2n) is 7.02. The number of allylic oxidation sites excluding steroid dienone is 1. The molecule has 166 valence electrons. The van der Waals surface area contributed by atoms with Crippen LogP contribution in [0.25, 0.3) is 0 Å². The fraction of sp³-hybridized carbons (Fsp3) is 0.700. The fourth-order valence-corrected chi connectivity index (χ4v) is 2.73. The van der Waals surface area contributed by atoms with E-state index in [4.69, 9.17) is 24.1 Å². The van der Waals surface area contributed by atoms with Gasteiger partial charge < -0.3 is 34.3 Å². The summed E-state index contributed by atoms with van der Waals surface area (Å²) in [6.07, 6.45) is -2.37. The Morgan fingerprint density at radius 3 is 2.38 bits per heavy atom. The molecule has 3 N–H and O–H groups in total. The summed E-state index contributed by atoms with van der Waals surface area (Å²) in [4.78, 5) is 22.4. The van der Waals surface area contributed by atoms with Crippen molar-refractivity contribution in [1.82, 2.24) is 0 Å². The number of ether oxygens (including phenoxy) is 4. The van der Waals surface area contributed by atoms with Gasteiger partial charge in [0.05, 0.1) is 13.2 Å². The zero-order valence-electron chi connectivity index (χ0n) is 17.2. The molecule has 0 radical (unpaired) electrons. The maximum Gasteiger partial charge on any atom is 0.303 e. The Kier molecular flexibility index (Phi) is 11.1. The Bertz CT molecular complexity index is 585. The molecular formula is C20H32O9. The normalized spacial score (nSPS) is 27.4. The Hall–Kier alpha value is -1.78. The van der Waals surface area contributed by atoms with Gasteiger partial charge in [-0.15, -0.1) is 0 Å². The molecule has 0 amide bonds. The molecule has 0 spiro atoms. The van der Waals surface area contributed by atoms with Crippen LogP contribution in [0.2, 0.25) is 0 Å². The van der Waals surface area contributed by atoms with Gasteiger partial charge in [0.25, 0.3) is 0 Å². The highest BCUT2D eigenvalue weighted by Gasteiger charge is 2.47. The van der Waals surface area contributed by atoms with Crippen LogP contribution in [0.4, 0.5) is 0 Å². The number of rotatable bonds is 11. The molecule has 9 heteroatoms. The minimum Gasteiger partial charge on any atom is -0.463 e. The van der Waals surface area contributed by atoms with Crippen molar-refractivity contribution < 1.29 is 43.9 Å². The van der Waals surface area contributed by atoms with E-state index in [-0.39, 0.29) is 19.8 Å². The zero-order chi connectivity index (χ0) is 22.0. The summed E-state index contributed by atoms with van der Waals surface area (Å²) < 4.78 is 21.1. The molecule has 9 nitrogen and oxygen atoms in total. The van der Waals surface area contributed by atoms with E-state index in [0.717, 1.165) is 24.0 Å². The molecule has 0 aromatic carbocycles. The van der Waals surface area contributed by atoms with Crippen molar-refractivity contribution in [2.75, 3.05) is 19.8 Å². The molecular weight excluding hydrogens is 384 g/mol. The van der Waals surface area contributed by atoms with Gasteiger partial charge in [0.15, 0.2) is 12.4 Å². The van der Waals surface area contributed by atoms with E-state index in [1.165, 1.54) is 13.8 Å². The molecule has 0 aromatic heterocycles. The van der Waals surface area contributed by atoms with Crippen molar-refractivity contribution in [2.24, 2.45) is 0 Å². The Labute approximate surface area is 170 Å². The van der Waals surface area contributed by atoms with Crippen molar-refractivity contribution >= 4 is 11.9 Å². The molecule has 1 fully saturated rings. The summed E-state index contributed by atoms with van der Waals surface area (Å²) in [5.41, 5.74) is 1.81. The molecule has 0 bridgehead atoms. The summed E-state index contributed by atoms with van der Waals surface area (Å²) in [5, 5.41) is 29.5. The number of aliphatic hydroxyl groups excluding tert-OH is 3. The highest BCUT2D eigenvalue weighted by Crippen LogP contribution is 2.25. The lowest BCUT2D eigenvalue weighted by Crippen LogP contribution is -2.60. The average molecular weight is 416 g/mol. The zero-order valence-corrected chi connectivity index (χ0v) is 17.2. The molecule has 1 heterocycles. The lowest BCUT2D eigenvalue weighted by molar-refractivity contribution is -0.304. The standard InChI is InChI=1S/C20H32O9/c1-12(6-5-7-13(2)10-21)8-9-26-20-19(28-15(4)23)18(25)17(24)16(29-20)11-27-14(3)22/h7,16-21,24-25H,1,5-6,8-11H2,2-4H3/b13-7+/t16-,17-,18+,19-,20-/m1/s1. The quantitative estimate of drug-likeness (QED) is 0.327. The molecule has 1 aliphatic rings. The molecule has 0 aromatic rings. The average Bonchev–Trinajstić information content (AvgIpc) is 2.65. The van der Waals surface area contributed by atoms with Crippen LogP contribution in [-0.2, 0) is 28.5 Å². The van der Waals surface area contributed by atoms with Crippen molar-refractivity contribution in [3.63, 3.8) is 0 Å². The highest BCUT2D eigenvalue weighted by molar-refractivity contribution is 5.66. The smallest absolute Gasteiger partial charge is 0.303 e. The molecule has 0 aliphatic carbocycles. The first-order chi connectivity index (χ1) is 13.6. The second-order valence-corrected chi connectivity index (χ2v) is 7.02. The minimum absolute atomic E-state index is 0.0226. The molecule has 0 unspecified atom stereocenters. The van der Waals surface area contributed by atoms with Gasteiger partial charge in [-0.2, -0.15) is 0 Å². The fourth-order valence-electron chi connectivity index (χ4n) is 2.73. The third-order valence-electron chi connectivity index (χ3n) is 4.38. The van der Waals surface area contributed by atoms with Crippen LogP contribution in [0, 0.1) is 0 Å². The number of carbonyl (C=O) groups excluding carboxylic acids is 2. The first kappa shape index (κ1) is 25.3. The van der Waals surface area contributed by atoms with E-state index in [0.29, 0.717) is 6.42 Å². The van der Waals surface area contributed by atoms with Crippen LogP contribution in [0.3, 0.4) is 0 Å².